The summed E-state index contributed by atoms with van der Waals surface area (Å²) in [4.78, 5) is 23.6. The first kappa shape index (κ1) is 20.9. The Balaban J connectivity index is 1.17. The van der Waals surface area contributed by atoms with E-state index >= 15 is 0 Å². The number of amides is 1. The van der Waals surface area contributed by atoms with Gasteiger partial charge in [0.15, 0.2) is 17.2 Å². The molecule has 8 heteroatoms. The largest absolute Gasteiger partial charge is 0.423 e. The van der Waals surface area contributed by atoms with Crippen molar-refractivity contribution < 1.29 is 18.0 Å². The first-order chi connectivity index (χ1) is 15.6. The summed E-state index contributed by atoms with van der Waals surface area (Å²) in [6.45, 7) is 4.37. The summed E-state index contributed by atoms with van der Waals surface area (Å²) in [6.07, 6.45) is 2.16. The summed E-state index contributed by atoms with van der Waals surface area (Å²) in [5.41, 5.74) is 2.28. The van der Waals surface area contributed by atoms with Crippen LogP contribution in [0.3, 0.4) is 0 Å². The van der Waals surface area contributed by atoms with Crippen LogP contribution < -0.4 is 4.90 Å². The second-order valence-electron chi connectivity index (χ2n) is 8.53. The SMILES string of the molecule is O=C1CCC(N2CCN(c3nc4ccccc4o3)CC2)CCN1Cc1ccc(F)c(F)c1. The molecule has 6 nitrogen and oxygen atoms in total. The van der Waals surface area contributed by atoms with Crippen molar-refractivity contribution in [3.8, 4) is 0 Å². The molecule has 0 bridgehead atoms. The van der Waals surface area contributed by atoms with Crippen molar-refractivity contribution in [2.45, 2.75) is 31.8 Å². The van der Waals surface area contributed by atoms with Crippen LogP contribution >= 0.6 is 0 Å². The smallest absolute Gasteiger partial charge is 0.298 e. The molecule has 1 unspecified atom stereocenters. The number of hydrogen-bond donors (Lipinski definition) is 0. The Morgan fingerprint density at radius 3 is 2.56 bits per heavy atom. The number of carbonyl (C=O) groups is 1. The Hall–Kier alpha value is -3.00. The van der Waals surface area contributed by atoms with Gasteiger partial charge in [0.05, 0.1) is 0 Å². The Morgan fingerprint density at radius 1 is 0.969 bits per heavy atom. The summed E-state index contributed by atoms with van der Waals surface area (Å²) in [6, 6.07) is 12.6. The van der Waals surface area contributed by atoms with E-state index in [9.17, 15) is 13.6 Å². The third-order valence-corrected chi connectivity index (χ3v) is 6.52. The molecule has 3 heterocycles. The molecular formula is C24H26F2N4O2. The maximum Gasteiger partial charge on any atom is 0.298 e. The highest BCUT2D eigenvalue weighted by Gasteiger charge is 2.30. The zero-order valence-corrected chi connectivity index (χ0v) is 17.8. The van der Waals surface area contributed by atoms with E-state index in [1.54, 1.807) is 11.0 Å². The molecule has 0 saturated carbocycles. The number of benzene rings is 2. The third-order valence-electron chi connectivity index (χ3n) is 6.52. The summed E-state index contributed by atoms with van der Waals surface area (Å²) in [5.74, 6) is -1.67. The van der Waals surface area contributed by atoms with E-state index in [0.717, 1.165) is 56.2 Å². The van der Waals surface area contributed by atoms with Crippen molar-refractivity contribution >= 4 is 23.0 Å². The predicted octanol–water partition coefficient (Wildman–Crippen LogP) is 3.81. The maximum atomic E-state index is 13.5. The van der Waals surface area contributed by atoms with Crippen LogP contribution in [0.15, 0.2) is 46.9 Å². The van der Waals surface area contributed by atoms with Gasteiger partial charge in [-0.2, -0.15) is 4.98 Å². The van der Waals surface area contributed by atoms with Crippen LogP contribution in [0.5, 0.6) is 0 Å². The minimum atomic E-state index is -0.875. The topological polar surface area (TPSA) is 52.8 Å². The molecule has 2 aliphatic rings. The summed E-state index contributed by atoms with van der Waals surface area (Å²) in [5, 5.41) is 0. The minimum absolute atomic E-state index is 0.0716. The number of fused-ring (bicyclic) bond motifs is 1. The highest BCUT2D eigenvalue weighted by atomic mass is 19.2. The van der Waals surface area contributed by atoms with Gasteiger partial charge >= 0.3 is 0 Å². The van der Waals surface area contributed by atoms with Gasteiger partial charge in [-0.05, 0) is 42.7 Å². The highest BCUT2D eigenvalue weighted by molar-refractivity contribution is 5.76. The standard InChI is InChI=1S/C24H26F2N4O2/c25-19-7-5-17(15-20(19)26)16-30-10-9-18(6-8-23(30)31)28-11-13-29(14-12-28)24-27-21-3-1-2-4-22(21)32-24/h1-5,7,15,18H,6,8-14,16H2. The Labute approximate surface area is 185 Å². The van der Waals surface area contributed by atoms with Crippen LogP contribution in [0.2, 0.25) is 0 Å². The van der Waals surface area contributed by atoms with E-state index in [4.69, 9.17) is 4.42 Å². The van der Waals surface area contributed by atoms with Crippen LogP contribution in [-0.2, 0) is 11.3 Å². The van der Waals surface area contributed by atoms with Crippen LogP contribution in [0.4, 0.5) is 14.8 Å². The van der Waals surface area contributed by atoms with Gasteiger partial charge in [-0.1, -0.05) is 18.2 Å². The van der Waals surface area contributed by atoms with E-state index in [2.05, 4.69) is 14.8 Å². The summed E-state index contributed by atoms with van der Waals surface area (Å²) < 4.78 is 32.6. The number of aromatic nitrogens is 1. The number of para-hydroxylation sites is 2. The number of likely N-dealkylation sites (tertiary alicyclic amines) is 1. The maximum absolute atomic E-state index is 13.5. The number of hydrogen-bond acceptors (Lipinski definition) is 5. The molecule has 0 radical (unpaired) electrons. The number of nitrogens with zero attached hydrogens (tertiary/aromatic N) is 4. The van der Waals surface area contributed by atoms with Crippen LogP contribution in [-0.4, -0.2) is 59.5 Å². The molecule has 1 atom stereocenters. The van der Waals surface area contributed by atoms with Gasteiger partial charge in [0, 0.05) is 51.7 Å². The summed E-state index contributed by atoms with van der Waals surface area (Å²) >= 11 is 0. The molecule has 1 aromatic heterocycles. The lowest BCUT2D eigenvalue weighted by molar-refractivity contribution is -0.131. The normalized spacial score (nSPS) is 20.7. The number of rotatable bonds is 4. The molecule has 5 rings (SSSR count). The van der Waals surface area contributed by atoms with E-state index in [1.165, 1.54) is 6.07 Å². The molecule has 2 fully saturated rings. The molecule has 2 aliphatic heterocycles. The fraction of sp³-hybridized carbons (Fsp3) is 0.417. The quantitative estimate of drug-likeness (QED) is 0.618. The van der Waals surface area contributed by atoms with Gasteiger partial charge in [0.1, 0.15) is 5.52 Å². The van der Waals surface area contributed by atoms with Gasteiger partial charge in [-0.25, -0.2) is 8.78 Å². The molecule has 3 aromatic rings. The van der Waals surface area contributed by atoms with Crippen molar-refractivity contribution in [2.75, 3.05) is 37.6 Å². The van der Waals surface area contributed by atoms with Gasteiger partial charge in [0.2, 0.25) is 5.91 Å². The fourth-order valence-corrected chi connectivity index (χ4v) is 4.69. The third kappa shape index (κ3) is 4.32. The van der Waals surface area contributed by atoms with Gasteiger partial charge < -0.3 is 14.2 Å². The van der Waals surface area contributed by atoms with Crippen molar-refractivity contribution in [1.82, 2.24) is 14.8 Å². The zero-order valence-electron chi connectivity index (χ0n) is 17.8. The van der Waals surface area contributed by atoms with Crippen LogP contribution in [0, 0.1) is 11.6 Å². The van der Waals surface area contributed by atoms with Gasteiger partial charge in [-0.15, -0.1) is 0 Å². The number of carbonyl (C=O) groups excluding carboxylic acids is 1. The second-order valence-corrected chi connectivity index (χ2v) is 8.53. The lowest BCUT2D eigenvalue weighted by Gasteiger charge is -2.38. The molecule has 168 valence electrons. The van der Waals surface area contributed by atoms with Crippen molar-refractivity contribution in [2.24, 2.45) is 0 Å². The molecule has 32 heavy (non-hydrogen) atoms. The average Bonchev–Trinajstić information content (AvgIpc) is 3.16. The number of piperazine rings is 1. The molecular weight excluding hydrogens is 414 g/mol. The molecule has 0 aliphatic carbocycles. The zero-order chi connectivity index (χ0) is 22.1. The number of oxazole rings is 1. The molecule has 2 saturated heterocycles. The lowest BCUT2D eigenvalue weighted by Crippen LogP contribution is -2.50. The van der Waals surface area contributed by atoms with Gasteiger partial charge in [-0.3, -0.25) is 9.69 Å². The van der Waals surface area contributed by atoms with Crippen molar-refractivity contribution in [1.29, 1.82) is 0 Å². The predicted molar refractivity (Wildman–Crippen MR) is 117 cm³/mol. The highest BCUT2D eigenvalue weighted by Crippen LogP contribution is 2.25. The Kier molecular flexibility index (Phi) is 5.78. The molecule has 0 spiro atoms. The first-order valence-corrected chi connectivity index (χ1v) is 11.1. The molecule has 0 N–H and O–H groups in total. The summed E-state index contributed by atoms with van der Waals surface area (Å²) in [7, 11) is 0. The van der Waals surface area contributed by atoms with Crippen molar-refractivity contribution in [3.05, 3.63) is 59.7 Å². The van der Waals surface area contributed by atoms with Crippen LogP contribution in [0.25, 0.3) is 11.1 Å². The Bertz CT molecular complexity index is 1080. The van der Waals surface area contributed by atoms with E-state index in [0.29, 0.717) is 37.1 Å². The number of anilines is 1. The van der Waals surface area contributed by atoms with Crippen LogP contribution in [0.1, 0.15) is 24.8 Å². The minimum Gasteiger partial charge on any atom is -0.423 e. The number of halogens is 2. The molecule has 2 aromatic carbocycles. The van der Waals surface area contributed by atoms with E-state index < -0.39 is 11.6 Å². The van der Waals surface area contributed by atoms with Crippen molar-refractivity contribution in [3.63, 3.8) is 0 Å². The Morgan fingerprint density at radius 2 is 1.78 bits per heavy atom. The fourth-order valence-electron chi connectivity index (χ4n) is 4.69. The monoisotopic (exact) mass is 440 g/mol. The van der Waals surface area contributed by atoms with E-state index in [-0.39, 0.29) is 5.91 Å². The van der Waals surface area contributed by atoms with E-state index in [1.807, 2.05) is 24.3 Å². The van der Waals surface area contributed by atoms with Gasteiger partial charge in [0.25, 0.3) is 6.01 Å². The lowest BCUT2D eigenvalue weighted by atomic mass is 10.1. The molecule has 1 amide bonds. The second kappa shape index (κ2) is 8.86. The average molecular weight is 440 g/mol. The first-order valence-electron chi connectivity index (χ1n) is 11.1.